The summed E-state index contributed by atoms with van der Waals surface area (Å²) < 4.78 is 17.9. The van der Waals surface area contributed by atoms with E-state index >= 15 is 0 Å². The maximum Gasteiger partial charge on any atom is 0.492 e. The second-order valence-corrected chi connectivity index (χ2v) is 9.83. The van der Waals surface area contributed by atoms with E-state index in [4.69, 9.17) is 14.0 Å². The number of carbonyl (C=O) groups is 1. The second-order valence-electron chi connectivity index (χ2n) is 9.83. The van der Waals surface area contributed by atoms with Crippen molar-refractivity contribution >= 4 is 30.2 Å². The number of benzene rings is 1. The first-order chi connectivity index (χ1) is 13.8. The third-order valence-corrected chi connectivity index (χ3v) is 5.56. The van der Waals surface area contributed by atoms with Crippen molar-refractivity contribution in [2.75, 3.05) is 6.54 Å². The second kappa shape index (κ2) is 7.74. The van der Waals surface area contributed by atoms with Gasteiger partial charge in [-0.2, -0.15) is 5.10 Å². The van der Waals surface area contributed by atoms with Crippen molar-refractivity contribution in [2.45, 2.75) is 72.2 Å². The summed E-state index contributed by atoms with van der Waals surface area (Å²) in [7, 11) is -0.579. The van der Waals surface area contributed by atoms with Gasteiger partial charge in [0.05, 0.1) is 22.9 Å². The maximum absolute atomic E-state index is 12.2. The number of H-pyrrole nitrogens is 1. The fourth-order valence-corrected chi connectivity index (χ4v) is 3.16. The van der Waals surface area contributed by atoms with Gasteiger partial charge >= 0.3 is 13.2 Å². The smallest absolute Gasteiger partial charge is 0.444 e. The van der Waals surface area contributed by atoms with Crippen LogP contribution in [0.5, 0.6) is 0 Å². The van der Waals surface area contributed by atoms with Crippen LogP contribution in [0.3, 0.4) is 0 Å². The molecule has 1 aliphatic heterocycles. The molecule has 0 aliphatic carbocycles. The largest absolute Gasteiger partial charge is 0.492 e. The first-order valence-electron chi connectivity index (χ1n) is 10.2. The summed E-state index contributed by atoms with van der Waals surface area (Å²) in [5.41, 5.74) is 2.36. The number of nitrogens with one attached hydrogen (secondary N) is 2. The minimum absolute atomic E-state index is 0.245. The molecule has 1 aromatic carbocycles. The number of nitrogens with zero attached hydrogens (tertiary/aromatic N) is 1. The van der Waals surface area contributed by atoms with Gasteiger partial charge in [-0.05, 0) is 84.1 Å². The lowest BCUT2D eigenvalue weighted by Crippen LogP contribution is -2.41. The van der Waals surface area contributed by atoms with Crippen molar-refractivity contribution in [3.63, 3.8) is 0 Å². The third-order valence-electron chi connectivity index (χ3n) is 5.56. The highest BCUT2D eigenvalue weighted by Crippen LogP contribution is 2.39. The summed E-state index contributed by atoms with van der Waals surface area (Å²) in [4.78, 5) is 12.2. The molecule has 0 bridgehead atoms. The first-order valence-corrected chi connectivity index (χ1v) is 10.2. The van der Waals surface area contributed by atoms with E-state index in [0.29, 0.717) is 0 Å². The van der Waals surface area contributed by atoms with E-state index in [2.05, 4.69) is 27.6 Å². The number of carbonyl (C=O) groups excluding carboxylic acids is 1. The molecule has 7 nitrogen and oxygen atoms in total. The van der Waals surface area contributed by atoms with E-state index < -0.39 is 30.0 Å². The number of alkyl carbamates (subject to hydrolysis) is 1. The van der Waals surface area contributed by atoms with Gasteiger partial charge in [0.15, 0.2) is 0 Å². The number of hydrogen-bond acceptors (Lipinski definition) is 5. The lowest BCUT2D eigenvalue weighted by atomic mass is 9.76. The molecule has 1 fully saturated rings. The maximum atomic E-state index is 12.2. The van der Waals surface area contributed by atoms with Crippen LogP contribution in [-0.4, -0.2) is 46.8 Å². The van der Waals surface area contributed by atoms with Crippen LogP contribution < -0.4 is 5.32 Å². The molecule has 1 aromatic heterocycles. The molecule has 3 rings (SSSR count). The number of aromatic amines is 1. The molecule has 0 atom stereocenters. The summed E-state index contributed by atoms with van der Waals surface area (Å²) in [6, 6.07) is 4.12. The van der Waals surface area contributed by atoms with Crippen LogP contribution in [0, 0.1) is 6.92 Å². The molecular weight excluding hydrogens is 381 g/mol. The number of aromatic nitrogens is 2. The van der Waals surface area contributed by atoms with E-state index in [1.54, 1.807) is 6.20 Å². The van der Waals surface area contributed by atoms with Gasteiger partial charge in [-0.15, -0.1) is 0 Å². The van der Waals surface area contributed by atoms with E-state index in [1.807, 2.05) is 61.5 Å². The highest BCUT2D eigenvalue weighted by Gasteiger charge is 2.52. The molecule has 0 unspecified atom stereocenters. The Morgan fingerprint density at radius 2 is 1.87 bits per heavy atom. The van der Waals surface area contributed by atoms with Gasteiger partial charge < -0.3 is 19.4 Å². The van der Waals surface area contributed by atoms with Gasteiger partial charge in [-0.3, -0.25) is 5.10 Å². The average Bonchev–Trinajstić information content (AvgIpc) is 3.10. The summed E-state index contributed by atoms with van der Waals surface area (Å²) in [5, 5.41) is 10.9. The molecule has 8 heteroatoms. The van der Waals surface area contributed by atoms with Gasteiger partial charge in [-0.25, -0.2) is 4.79 Å². The van der Waals surface area contributed by atoms with E-state index in [0.717, 1.165) is 27.5 Å². The van der Waals surface area contributed by atoms with Crippen LogP contribution in [0.1, 0.15) is 59.6 Å². The number of rotatable bonds is 4. The molecule has 2 N–H and O–H groups in total. The molecule has 1 saturated heterocycles. The Bertz CT molecular complexity index is 956. The van der Waals surface area contributed by atoms with Crippen molar-refractivity contribution < 1.29 is 18.8 Å². The molecule has 0 radical (unpaired) electrons. The Hall–Kier alpha value is -2.32. The van der Waals surface area contributed by atoms with E-state index in [1.165, 1.54) is 0 Å². The van der Waals surface area contributed by atoms with Crippen molar-refractivity contribution in [1.82, 2.24) is 15.5 Å². The number of hydrogen-bond donors (Lipinski definition) is 2. The number of ether oxygens (including phenoxy) is 1. The lowest BCUT2D eigenvalue weighted by Gasteiger charge is -2.32. The summed E-state index contributed by atoms with van der Waals surface area (Å²) in [5.74, 6) is 0. The van der Waals surface area contributed by atoms with Gasteiger partial charge in [-0.1, -0.05) is 6.08 Å². The molecular formula is C22H32BN3O4. The lowest BCUT2D eigenvalue weighted by molar-refractivity contribution is 0.00578. The Morgan fingerprint density at radius 3 is 2.47 bits per heavy atom. The third kappa shape index (κ3) is 4.87. The number of amides is 1. The molecule has 162 valence electrons. The van der Waals surface area contributed by atoms with Crippen molar-refractivity contribution in [3.05, 3.63) is 34.9 Å². The monoisotopic (exact) mass is 413 g/mol. The highest BCUT2D eigenvalue weighted by atomic mass is 16.7. The summed E-state index contributed by atoms with van der Waals surface area (Å²) in [6.45, 7) is 15.8. The fraction of sp³-hybridized carbons (Fsp3) is 0.545. The van der Waals surface area contributed by atoms with Crippen LogP contribution in [0.2, 0.25) is 0 Å². The number of aryl methyl sites for hydroxylation is 1. The fourth-order valence-electron chi connectivity index (χ4n) is 3.16. The zero-order valence-electron chi connectivity index (χ0n) is 19.2. The van der Waals surface area contributed by atoms with Crippen molar-refractivity contribution in [2.24, 2.45) is 0 Å². The zero-order valence-corrected chi connectivity index (χ0v) is 19.2. The molecule has 2 aromatic rings. The normalized spacial score (nSPS) is 18.7. The van der Waals surface area contributed by atoms with E-state index in [-0.39, 0.29) is 6.54 Å². The Balaban J connectivity index is 1.91. The standard InChI is InChI=1S/C22H32BN3O4/c1-14-9-18-16(12-25-26-18)10-15(14)11-17(13-24-19(27)28-20(2,3)4)23-29-21(5,6)22(7,8)30-23/h9-12H,13H2,1-8H3,(H,24,27)(H,25,26). The van der Waals surface area contributed by atoms with Gasteiger partial charge in [0.1, 0.15) is 5.60 Å². The minimum atomic E-state index is -0.579. The van der Waals surface area contributed by atoms with Crippen LogP contribution in [0.15, 0.2) is 23.8 Å². The Morgan fingerprint density at radius 1 is 1.23 bits per heavy atom. The molecule has 1 aliphatic rings. The van der Waals surface area contributed by atoms with Crippen molar-refractivity contribution in [1.29, 1.82) is 0 Å². The topological polar surface area (TPSA) is 85.5 Å². The predicted octanol–water partition coefficient (Wildman–Crippen LogP) is 4.41. The van der Waals surface area contributed by atoms with Gasteiger partial charge in [0.2, 0.25) is 0 Å². The van der Waals surface area contributed by atoms with Gasteiger partial charge in [0.25, 0.3) is 0 Å². The Labute approximate surface area is 178 Å². The van der Waals surface area contributed by atoms with Crippen LogP contribution in [0.25, 0.3) is 17.0 Å². The highest BCUT2D eigenvalue weighted by molar-refractivity contribution is 6.56. The average molecular weight is 413 g/mol. The molecule has 0 spiro atoms. The molecule has 2 heterocycles. The SMILES string of the molecule is Cc1cc2[nH]ncc2cc1C=C(CNC(=O)OC(C)(C)C)B1OC(C)(C)C(C)(C)O1. The number of fused-ring (bicyclic) bond motifs is 1. The summed E-state index contributed by atoms with van der Waals surface area (Å²) in [6.07, 6.45) is 3.33. The van der Waals surface area contributed by atoms with Crippen LogP contribution in [-0.2, 0) is 14.0 Å². The molecule has 30 heavy (non-hydrogen) atoms. The van der Waals surface area contributed by atoms with Crippen molar-refractivity contribution in [3.8, 4) is 0 Å². The molecule has 0 saturated carbocycles. The minimum Gasteiger partial charge on any atom is -0.444 e. The summed E-state index contributed by atoms with van der Waals surface area (Å²) >= 11 is 0. The predicted molar refractivity (Wildman–Crippen MR) is 119 cm³/mol. The quantitative estimate of drug-likeness (QED) is 0.726. The van der Waals surface area contributed by atoms with Crippen LogP contribution in [0.4, 0.5) is 4.79 Å². The van der Waals surface area contributed by atoms with Gasteiger partial charge in [0, 0.05) is 11.9 Å². The first kappa shape index (κ1) is 22.4. The molecule has 1 amide bonds. The van der Waals surface area contributed by atoms with Crippen LogP contribution >= 0.6 is 0 Å². The van der Waals surface area contributed by atoms with E-state index in [9.17, 15) is 4.79 Å². The zero-order chi connectivity index (χ0) is 22.3. The Kier molecular flexibility index (Phi) is 5.77.